The molecule has 24 heavy (non-hydrogen) atoms. The molecule has 0 saturated carbocycles. The molecule has 0 unspecified atom stereocenters. The van der Waals surface area contributed by atoms with Crippen LogP contribution in [-0.4, -0.2) is 41.9 Å². The van der Waals surface area contributed by atoms with Crippen molar-refractivity contribution in [2.24, 2.45) is 0 Å². The second-order valence-corrected chi connectivity index (χ2v) is 6.22. The van der Waals surface area contributed by atoms with Crippen LogP contribution in [0.1, 0.15) is 15.9 Å². The van der Waals surface area contributed by atoms with Gasteiger partial charge >= 0.3 is 0 Å². The highest BCUT2D eigenvalue weighted by Crippen LogP contribution is 2.20. The van der Waals surface area contributed by atoms with Gasteiger partial charge in [-0.1, -0.05) is 42.5 Å². The first kappa shape index (κ1) is 15.0. The van der Waals surface area contributed by atoms with E-state index in [-0.39, 0.29) is 5.91 Å². The Labute approximate surface area is 141 Å². The third-order valence-electron chi connectivity index (χ3n) is 4.70. The lowest BCUT2D eigenvalue weighted by Gasteiger charge is -2.34. The van der Waals surface area contributed by atoms with Crippen LogP contribution in [0.25, 0.3) is 10.8 Å². The van der Waals surface area contributed by atoms with E-state index in [4.69, 9.17) is 4.42 Å². The van der Waals surface area contributed by atoms with Crippen LogP contribution in [0.15, 0.2) is 65.5 Å². The van der Waals surface area contributed by atoms with Gasteiger partial charge < -0.3 is 9.32 Å². The Balaban J connectivity index is 1.42. The van der Waals surface area contributed by atoms with Crippen molar-refractivity contribution >= 4 is 16.7 Å². The van der Waals surface area contributed by atoms with Gasteiger partial charge in [0.2, 0.25) is 0 Å². The highest BCUT2D eigenvalue weighted by atomic mass is 16.3. The largest absolute Gasteiger partial charge is 0.472 e. The van der Waals surface area contributed by atoms with Crippen LogP contribution in [-0.2, 0) is 6.54 Å². The fraction of sp³-hybridized carbons (Fsp3) is 0.250. The molecule has 1 aliphatic heterocycles. The number of rotatable bonds is 3. The number of carbonyl (C=O) groups is 1. The van der Waals surface area contributed by atoms with E-state index in [1.54, 1.807) is 12.3 Å². The number of piperazine rings is 1. The molecular formula is C20H20N2O2. The molecule has 2 aromatic carbocycles. The van der Waals surface area contributed by atoms with E-state index >= 15 is 0 Å². The standard InChI is InChI=1S/C20H20N2O2/c23-20(18-8-13-24-15-18)22-11-9-21(10-12-22)14-17-6-3-5-16-4-1-2-7-19(16)17/h1-8,13,15H,9-12,14H2. The summed E-state index contributed by atoms with van der Waals surface area (Å²) in [7, 11) is 0. The third kappa shape index (κ3) is 2.93. The van der Waals surface area contributed by atoms with Crippen LogP contribution in [0.5, 0.6) is 0 Å². The lowest BCUT2D eigenvalue weighted by molar-refractivity contribution is 0.0628. The van der Waals surface area contributed by atoms with E-state index in [9.17, 15) is 4.79 Å². The van der Waals surface area contributed by atoms with E-state index in [1.807, 2.05) is 4.90 Å². The number of furan rings is 1. The number of benzene rings is 2. The Bertz CT molecular complexity index is 828. The van der Waals surface area contributed by atoms with Crippen LogP contribution >= 0.6 is 0 Å². The van der Waals surface area contributed by atoms with Crippen LogP contribution in [0.3, 0.4) is 0 Å². The van der Waals surface area contributed by atoms with Gasteiger partial charge in [-0.05, 0) is 22.4 Å². The first-order valence-corrected chi connectivity index (χ1v) is 8.32. The minimum Gasteiger partial charge on any atom is -0.472 e. The fourth-order valence-electron chi connectivity index (χ4n) is 3.35. The summed E-state index contributed by atoms with van der Waals surface area (Å²) < 4.78 is 5.01. The van der Waals surface area contributed by atoms with Crippen molar-refractivity contribution in [3.8, 4) is 0 Å². The molecule has 1 aliphatic rings. The first-order chi connectivity index (χ1) is 11.8. The molecule has 0 aliphatic carbocycles. The third-order valence-corrected chi connectivity index (χ3v) is 4.70. The zero-order valence-corrected chi connectivity index (χ0v) is 13.5. The Hall–Kier alpha value is -2.59. The van der Waals surface area contributed by atoms with E-state index < -0.39 is 0 Å². The summed E-state index contributed by atoms with van der Waals surface area (Å²) in [6, 6.07) is 16.7. The van der Waals surface area contributed by atoms with Crippen LogP contribution < -0.4 is 0 Å². The number of fused-ring (bicyclic) bond motifs is 1. The van der Waals surface area contributed by atoms with Gasteiger partial charge in [0.05, 0.1) is 11.8 Å². The summed E-state index contributed by atoms with van der Waals surface area (Å²) >= 11 is 0. The Morgan fingerprint density at radius 3 is 2.54 bits per heavy atom. The molecule has 4 heteroatoms. The predicted molar refractivity (Wildman–Crippen MR) is 93.8 cm³/mol. The van der Waals surface area contributed by atoms with E-state index in [0.29, 0.717) is 5.56 Å². The number of amides is 1. The number of nitrogens with zero attached hydrogens (tertiary/aromatic N) is 2. The fourth-order valence-corrected chi connectivity index (χ4v) is 3.35. The van der Waals surface area contributed by atoms with Gasteiger partial charge in [0.15, 0.2) is 0 Å². The highest BCUT2D eigenvalue weighted by molar-refractivity contribution is 5.93. The molecule has 3 aromatic rings. The highest BCUT2D eigenvalue weighted by Gasteiger charge is 2.22. The monoisotopic (exact) mass is 320 g/mol. The first-order valence-electron chi connectivity index (χ1n) is 8.32. The molecule has 4 nitrogen and oxygen atoms in total. The van der Waals surface area contributed by atoms with Crippen molar-refractivity contribution < 1.29 is 9.21 Å². The van der Waals surface area contributed by atoms with Gasteiger partial charge in [0, 0.05) is 32.7 Å². The van der Waals surface area contributed by atoms with Crippen molar-refractivity contribution in [3.63, 3.8) is 0 Å². The molecule has 0 radical (unpaired) electrons. The van der Waals surface area contributed by atoms with Crippen LogP contribution in [0, 0.1) is 0 Å². The zero-order chi connectivity index (χ0) is 16.4. The lowest BCUT2D eigenvalue weighted by atomic mass is 10.0. The van der Waals surface area contributed by atoms with E-state index in [0.717, 1.165) is 32.7 Å². The maximum Gasteiger partial charge on any atom is 0.257 e. The molecule has 1 fully saturated rings. The minimum atomic E-state index is 0.0635. The van der Waals surface area contributed by atoms with Gasteiger partial charge in [0.1, 0.15) is 6.26 Å². The molecule has 122 valence electrons. The summed E-state index contributed by atoms with van der Waals surface area (Å²) in [4.78, 5) is 16.7. The molecule has 1 aromatic heterocycles. The number of carbonyl (C=O) groups excluding carboxylic acids is 1. The Kier molecular flexibility index (Phi) is 4.05. The maximum atomic E-state index is 12.3. The molecule has 2 heterocycles. The number of hydrogen-bond acceptors (Lipinski definition) is 3. The zero-order valence-electron chi connectivity index (χ0n) is 13.5. The molecule has 0 spiro atoms. The second kappa shape index (κ2) is 6.49. The van der Waals surface area contributed by atoms with E-state index in [1.165, 1.54) is 22.6 Å². The smallest absolute Gasteiger partial charge is 0.257 e. The van der Waals surface area contributed by atoms with Crippen LogP contribution in [0.2, 0.25) is 0 Å². The maximum absolute atomic E-state index is 12.3. The van der Waals surface area contributed by atoms with Gasteiger partial charge in [-0.25, -0.2) is 0 Å². The molecule has 1 amide bonds. The summed E-state index contributed by atoms with van der Waals surface area (Å²) in [5.74, 6) is 0.0635. The summed E-state index contributed by atoms with van der Waals surface area (Å²) in [6.45, 7) is 4.23. The predicted octanol–water partition coefficient (Wildman–Crippen LogP) is 3.39. The summed E-state index contributed by atoms with van der Waals surface area (Å²) in [5, 5.41) is 2.60. The van der Waals surface area contributed by atoms with Crippen molar-refractivity contribution in [2.45, 2.75) is 6.54 Å². The normalized spacial score (nSPS) is 15.8. The molecule has 4 rings (SSSR count). The summed E-state index contributed by atoms with van der Waals surface area (Å²) in [5.41, 5.74) is 1.99. The van der Waals surface area contributed by atoms with Gasteiger partial charge in [-0.3, -0.25) is 9.69 Å². The average molecular weight is 320 g/mol. The van der Waals surface area contributed by atoms with Crippen molar-refractivity contribution in [2.75, 3.05) is 26.2 Å². The Morgan fingerprint density at radius 2 is 1.75 bits per heavy atom. The van der Waals surface area contributed by atoms with Crippen LogP contribution in [0.4, 0.5) is 0 Å². The van der Waals surface area contributed by atoms with Gasteiger partial charge in [-0.2, -0.15) is 0 Å². The molecule has 0 N–H and O–H groups in total. The quantitative estimate of drug-likeness (QED) is 0.742. The minimum absolute atomic E-state index is 0.0635. The Morgan fingerprint density at radius 1 is 0.958 bits per heavy atom. The van der Waals surface area contributed by atoms with Crippen molar-refractivity contribution in [1.82, 2.24) is 9.80 Å². The second-order valence-electron chi connectivity index (χ2n) is 6.22. The van der Waals surface area contributed by atoms with E-state index in [2.05, 4.69) is 47.4 Å². The van der Waals surface area contributed by atoms with Gasteiger partial charge in [0.25, 0.3) is 5.91 Å². The van der Waals surface area contributed by atoms with Crippen molar-refractivity contribution in [3.05, 3.63) is 72.2 Å². The molecule has 0 bridgehead atoms. The SMILES string of the molecule is O=C(c1ccoc1)N1CCN(Cc2cccc3ccccc23)CC1. The summed E-state index contributed by atoms with van der Waals surface area (Å²) in [6.07, 6.45) is 3.06. The lowest BCUT2D eigenvalue weighted by Crippen LogP contribution is -2.48. The van der Waals surface area contributed by atoms with Gasteiger partial charge in [-0.15, -0.1) is 0 Å². The molecule has 1 saturated heterocycles. The topological polar surface area (TPSA) is 36.7 Å². The van der Waals surface area contributed by atoms with Crippen molar-refractivity contribution in [1.29, 1.82) is 0 Å². The number of hydrogen-bond donors (Lipinski definition) is 0. The molecular weight excluding hydrogens is 300 g/mol. The average Bonchev–Trinajstić information content (AvgIpc) is 3.17. The molecule has 0 atom stereocenters.